The Labute approximate surface area is 107 Å². The van der Waals surface area contributed by atoms with Crippen molar-refractivity contribution in [2.24, 2.45) is 0 Å². The molecule has 0 saturated carbocycles. The van der Waals surface area contributed by atoms with Gasteiger partial charge in [0.25, 0.3) is 0 Å². The fourth-order valence-electron chi connectivity index (χ4n) is 1.61. The minimum absolute atomic E-state index is 0.0780. The Morgan fingerprint density at radius 3 is 2.89 bits per heavy atom. The molecule has 6 heteroatoms. The van der Waals surface area contributed by atoms with Crippen molar-refractivity contribution < 1.29 is 14.4 Å². The van der Waals surface area contributed by atoms with Gasteiger partial charge >= 0.3 is 0 Å². The van der Waals surface area contributed by atoms with E-state index in [4.69, 9.17) is 9.63 Å². The number of aliphatic hydroxyl groups excluding tert-OH is 1. The highest BCUT2D eigenvalue weighted by Crippen LogP contribution is 2.07. The third-order valence-corrected chi connectivity index (χ3v) is 2.63. The molecule has 1 amide bonds. The van der Waals surface area contributed by atoms with Crippen LogP contribution in [0.5, 0.6) is 0 Å². The van der Waals surface area contributed by atoms with E-state index in [0.29, 0.717) is 24.5 Å². The Morgan fingerprint density at radius 2 is 2.33 bits per heavy atom. The molecular formula is C12H21N3O3. The Morgan fingerprint density at radius 1 is 1.56 bits per heavy atom. The number of hydrogen-bond donors (Lipinski definition) is 2. The SMILES string of the molecule is CCN(CCCO)CCC(=O)Nc1cc(C)on1. The highest BCUT2D eigenvalue weighted by Gasteiger charge is 2.08. The molecule has 1 aromatic rings. The van der Waals surface area contributed by atoms with E-state index in [-0.39, 0.29) is 12.5 Å². The van der Waals surface area contributed by atoms with Gasteiger partial charge in [0.1, 0.15) is 5.76 Å². The van der Waals surface area contributed by atoms with Gasteiger partial charge in [0, 0.05) is 32.2 Å². The van der Waals surface area contributed by atoms with E-state index in [9.17, 15) is 4.79 Å². The topological polar surface area (TPSA) is 78.6 Å². The van der Waals surface area contributed by atoms with Crippen molar-refractivity contribution in [3.63, 3.8) is 0 Å². The van der Waals surface area contributed by atoms with Crippen LogP contribution < -0.4 is 5.32 Å². The predicted octanol–water partition coefficient (Wildman–Crippen LogP) is 1.02. The molecule has 0 bridgehead atoms. The summed E-state index contributed by atoms with van der Waals surface area (Å²) in [6.45, 7) is 6.35. The van der Waals surface area contributed by atoms with Gasteiger partial charge in [-0.25, -0.2) is 0 Å². The summed E-state index contributed by atoms with van der Waals surface area (Å²) in [5, 5.41) is 15.1. The highest BCUT2D eigenvalue weighted by atomic mass is 16.5. The predicted molar refractivity (Wildman–Crippen MR) is 68.3 cm³/mol. The lowest BCUT2D eigenvalue weighted by Gasteiger charge is -2.19. The molecule has 0 atom stereocenters. The summed E-state index contributed by atoms with van der Waals surface area (Å²) in [5.74, 6) is 1.05. The quantitative estimate of drug-likeness (QED) is 0.725. The Hall–Kier alpha value is -1.40. The fraction of sp³-hybridized carbons (Fsp3) is 0.667. The lowest BCUT2D eigenvalue weighted by Crippen LogP contribution is -2.29. The van der Waals surface area contributed by atoms with Crippen molar-refractivity contribution in [3.05, 3.63) is 11.8 Å². The molecule has 0 radical (unpaired) electrons. The first-order valence-electron chi connectivity index (χ1n) is 6.22. The van der Waals surface area contributed by atoms with Gasteiger partial charge in [0.2, 0.25) is 5.91 Å². The Kier molecular flexibility index (Phi) is 6.38. The smallest absolute Gasteiger partial charge is 0.226 e. The van der Waals surface area contributed by atoms with E-state index in [2.05, 4.69) is 15.4 Å². The van der Waals surface area contributed by atoms with Crippen LogP contribution in [0.1, 0.15) is 25.5 Å². The number of carbonyl (C=O) groups is 1. The molecule has 0 saturated heterocycles. The highest BCUT2D eigenvalue weighted by molar-refractivity contribution is 5.89. The van der Waals surface area contributed by atoms with Gasteiger partial charge < -0.3 is 19.8 Å². The Bertz CT molecular complexity index is 365. The first kappa shape index (κ1) is 14.7. The van der Waals surface area contributed by atoms with E-state index in [1.807, 2.05) is 6.92 Å². The van der Waals surface area contributed by atoms with Crippen molar-refractivity contribution >= 4 is 11.7 Å². The van der Waals surface area contributed by atoms with Crippen LogP contribution in [0.15, 0.2) is 10.6 Å². The molecule has 0 fully saturated rings. The third kappa shape index (κ3) is 5.29. The molecule has 1 rings (SSSR count). The maximum atomic E-state index is 11.6. The minimum atomic E-state index is -0.0780. The molecule has 1 heterocycles. The molecule has 102 valence electrons. The van der Waals surface area contributed by atoms with Crippen LogP contribution in [0, 0.1) is 6.92 Å². The lowest BCUT2D eigenvalue weighted by molar-refractivity contribution is -0.116. The molecular weight excluding hydrogens is 234 g/mol. The summed E-state index contributed by atoms with van der Waals surface area (Å²) in [6.07, 6.45) is 1.14. The van der Waals surface area contributed by atoms with Gasteiger partial charge in [-0.15, -0.1) is 0 Å². The second-order valence-corrected chi connectivity index (χ2v) is 4.13. The van der Waals surface area contributed by atoms with E-state index < -0.39 is 0 Å². The van der Waals surface area contributed by atoms with Gasteiger partial charge in [-0.05, 0) is 19.9 Å². The fourth-order valence-corrected chi connectivity index (χ4v) is 1.61. The standard InChI is InChI=1S/C12H21N3O3/c1-3-15(6-4-8-16)7-5-12(17)13-11-9-10(2)18-14-11/h9,16H,3-8H2,1-2H3,(H,13,14,17). The summed E-state index contributed by atoms with van der Waals surface area (Å²) in [6, 6.07) is 1.68. The van der Waals surface area contributed by atoms with Crippen LogP contribution in [-0.2, 0) is 4.79 Å². The summed E-state index contributed by atoms with van der Waals surface area (Å²) in [4.78, 5) is 13.8. The second kappa shape index (κ2) is 7.84. The van der Waals surface area contributed by atoms with Crippen LogP contribution in [0.25, 0.3) is 0 Å². The lowest BCUT2D eigenvalue weighted by atomic mass is 10.3. The van der Waals surface area contributed by atoms with Crippen LogP contribution in [-0.4, -0.2) is 47.3 Å². The molecule has 1 aromatic heterocycles. The van der Waals surface area contributed by atoms with Crippen LogP contribution in [0.3, 0.4) is 0 Å². The van der Waals surface area contributed by atoms with Gasteiger partial charge in [0.15, 0.2) is 5.82 Å². The zero-order chi connectivity index (χ0) is 13.4. The summed E-state index contributed by atoms with van der Waals surface area (Å²) in [7, 11) is 0. The largest absolute Gasteiger partial charge is 0.396 e. The first-order chi connectivity index (χ1) is 8.65. The normalized spacial score (nSPS) is 10.9. The number of aromatic nitrogens is 1. The van der Waals surface area contributed by atoms with Gasteiger partial charge in [-0.2, -0.15) is 0 Å². The maximum absolute atomic E-state index is 11.6. The molecule has 0 spiro atoms. The maximum Gasteiger partial charge on any atom is 0.226 e. The summed E-state index contributed by atoms with van der Waals surface area (Å²) in [5.41, 5.74) is 0. The number of nitrogens with one attached hydrogen (secondary N) is 1. The van der Waals surface area contributed by atoms with Gasteiger partial charge in [-0.1, -0.05) is 12.1 Å². The first-order valence-corrected chi connectivity index (χ1v) is 6.22. The van der Waals surface area contributed by atoms with Crippen molar-refractivity contribution in [2.75, 3.05) is 31.6 Å². The molecule has 0 aliphatic rings. The van der Waals surface area contributed by atoms with Crippen molar-refractivity contribution in [2.45, 2.75) is 26.7 Å². The van der Waals surface area contributed by atoms with Gasteiger partial charge in [0.05, 0.1) is 0 Å². The van der Waals surface area contributed by atoms with Crippen molar-refractivity contribution in [1.82, 2.24) is 10.1 Å². The number of hydrogen-bond acceptors (Lipinski definition) is 5. The third-order valence-electron chi connectivity index (χ3n) is 2.63. The molecule has 0 aliphatic carbocycles. The van der Waals surface area contributed by atoms with Crippen molar-refractivity contribution in [3.8, 4) is 0 Å². The molecule has 2 N–H and O–H groups in total. The number of aryl methyl sites for hydroxylation is 1. The second-order valence-electron chi connectivity index (χ2n) is 4.13. The van der Waals surface area contributed by atoms with E-state index in [1.54, 1.807) is 13.0 Å². The number of amides is 1. The average molecular weight is 255 g/mol. The number of rotatable bonds is 8. The number of carbonyl (C=O) groups excluding carboxylic acids is 1. The monoisotopic (exact) mass is 255 g/mol. The molecule has 0 unspecified atom stereocenters. The van der Waals surface area contributed by atoms with E-state index in [0.717, 1.165) is 19.5 Å². The van der Waals surface area contributed by atoms with E-state index in [1.165, 1.54) is 0 Å². The number of aliphatic hydroxyl groups is 1. The van der Waals surface area contributed by atoms with Crippen LogP contribution in [0.4, 0.5) is 5.82 Å². The van der Waals surface area contributed by atoms with E-state index >= 15 is 0 Å². The molecule has 18 heavy (non-hydrogen) atoms. The number of anilines is 1. The Balaban J connectivity index is 2.27. The van der Waals surface area contributed by atoms with Crippen LogP contribution in [0.2, 0.25) is 0 Å². The van der Waals surface area contributed by atoms with Gasteiger partial charge in [-0.3, -0.25) is 4.79 Å². The zero-order valence-electron chi connectivity index (χ0n) is 11.0. The molecule has 0 aliphatic heterocycles. The molecule has 6 nitrogen and oxygen atoms in total. The zero-order valence-corrected chi connectivity index (χ0v) is 11.0. The molecule has 0 aromatic carbocycles. The van der Waals surface area contributed by atoms with Crippen LogP contribution >= 0.6 is 0 Å². The van der Waals surface area contributed by atoms with Crippen molar-refractivity contribution in [1.29, 1.82) is 0 Å². The summed E-state index contributed by atoms with van der Waals surface area (Å²) >= 11 is 0. The minimum Gasteiger partial charge on any atom is -0.396 e. The number of nitrogens with zero attached hydrogens (tertiary/aromatic N) is 2. The summed E-state index contributed by atoms with van der Waals surface area (Å²) < 4.78 is 4.86. The average Bonchev–Trinajstić information content (AvgIpc) is 2.75.